The molecule has 2 aromatic carbocycles. The van der Waals surface area contributed by atoms with Crippen molar-refractivity contribution in [2.24, 2.45) is 0 Å². The van der Waals surface area contributed by atoms with Gasteiger partial charge in [0.1, 0.15) is 0 Å². The zero-order chi connectivity index (χ0) is 21.0. The monoisotopic (exact) mass is 423 g/mol. The summed E-state index contributed by atoms with van der Waals surface area (Å²) in [5, 5.41) is 7.69. The maximum Gasteiger partial charge on any atom is 0.341 e. The molecule has 0 unspecified atom stereocenters. The van der Waals surface area contributed by atoms with Crippen LogP contribution in [0.2, 0.25) is 5.02 Å². The Balaban J connectivity index is 1.25. The highest BCUT2D eigenvalue weighted by Gasteiger charge is 2.44. The van der Waals surface area contributed by atoms with Crippen LogP contribution < -0.4 is 5.32 Å². The van der Waals surface area contributed by atoms with E-state index in [4.69, 9.17) is 16.3 Å². The highest BCUT2D eigenvalue weighted by atomic mass is 35.5. The number of hydrogen-bond acceptors (Lipinski definition) is 4. The molecule has 0 radical (unpaired) electrons. The number of amides is 1. The summed E-state index contributed by atoms with van der Waals surface area (Å²) in [6.07, 6.45) is 5.09. The average Bonchev–Trinajstić information content (AvgIpc) is 3.43. The molecule has 1 amide bonds. The standard InChI is InChI=1S/C23H22ClN3O3/c24-20-9-5-4-6-17(20)13-27-14-18(12-26-27)22(29)30-15-21(28)25-16-23(10-11-23)19-7-2-1-3-8-19/h1-9,12,14H,10-11,13,15-16H2,(H,25,28). The quantitative estimate of drug-likeness (QED) is 0.562. The normalized spacial score (nSPS) is 14.2. The Labute approximate surface area is 179 Å². The van der Waals surface area contributed by atoms with Crippen LogP contribution in [0.15, 0.2) is 67.0 Å². The van der Waals surface area contributed by atoms with Crippen molar-refractivity contribution in [3.8, 4) is 0 Å². The number of ether oxygens (including phenoxy) is 1. The minimum absolute atomic E-state index is 0.0147. The van der Waals surface area contributed by atoms with Gasteiger partial charge in [0.25, 0.3) is 5.91 Å². The van der Waals surface area contributed by atoms with Crippen LogP contribution in [0.3, 0.4) is 0 Å². The summed E-state index contributed by atoms with van der Waals surface area (Å²) in [6, 6.07) is 17.6. The van der Waals surface area contributed by atoms with Crippen molar-refractivity contribution in [2.45, 2.75) is 24.8 Å². The van der Waals surface area contributed by atoms with Gasteiger partial charge in [-0.1, -0.05) is 60.1 Å². The molecule has 0 saturated heterocycles. The van der Waals surface area contributed by atoms with Crippen LogP contribution in [-0.2, 0) is 21.5 Å². The van der Waals surface area contributed by atoms with Crippen molar-refractivity contribution in [1.82, 2.24) is 15.1 Å². The maximum absolute atomic E-state index is 12.2. The molecule has 1 aliphatic rings. The molecule has 3 aromatic rings. The van der Waals surface area contributed by atoms with Crippen molar-refractivity contribution in [2.75, 3.05) is 13.2 Å². The third-order valence-electron chi connectivity index (χ3n) is 5.36. The second-order valence-electron chi connectivity index (χ2n) is 7.52. The van der Waals surface area contributed by atoms with Gasteiger partial charge >= 0.3 is 5.97 Å². The van der Waals surface area contributed by atoms with E-state index < -0.39 is 5.97 Å². The van der Waals surface area contributed by atoms with Crippen LogP contribution >= 0.6 is 11.6 Å². The van der Waals surface area contributed by atoms with Gasteiger partial charge in [-0.3, -0.25) is 9.48 Å². The first-order valence-corrected chi connectivity index (χ1v) is 10.2. The van der Waals surface area contributed by atoms with Gasteiger partial charge in [0.15, 0.2) is 6.61 Å². The number of esters is 1. The van der Waals surface area contributed by atoms with E-state index in [0.29, 0.717) is 18.1 Å². The molecular formula is C23H22ClN3O3. The number of aromatic nitrogens is 2. The van der Waals surface area contributed by atoms with E-state index in [1.165, 1.54) is 11.8 Å². The molecule has 1 saturated carbocycles. The Morgan fingerprint density at radius 3 is 2.57 bits per heavy atom. The van der Waals surface area contributed by atoms with Crippen LogP contribution in [0.4, 0.5) is 0 Å². The maximum atomic E-state index is 12.2. The number of halogens is 1. The molecule has 4 rings (SSSR count). The predicted octanol–water partition coefficient (Wildman–Crippen LogP) is 3.59. The van der Waals surface area contributed by atoms with Crippen LogP contribution in [0, 0.1) is 0 Å². The predicted molar refractivity (Wildman–Crippen MR) is 113 cm³/mol. The van der Waals surface area contributed by atoms with Gasteiger partial charge < -0.3 is 10.1 Å². The fraction of sp³-hybridized carbons (Fsp3) is 0.261. The molecule has 1 heterocycles. The zero-order valence-electron chi connectivity index (χ0n) is 16.4. The van der Waals surface area contributed by atoms with Gasteiger partial charge in [-0.2, -0.15) is 5.10 Å². The van der Waals surface area contributed by atoms with Crippen molar-refractivity contribution in [3.63, 3.8) is 0 Å². The Morgan fingerprint density at radius 2 is 1.83 bits per heavy atom. The Hall–Kier alpha value is -3.12. The fourth-order valence-electron chi connectivity index (χ4n) is 3.40. The number of benzene rings is 2. The van der Waals surface area contributed by atoms with Gasteiger partial charge in [-0.25, -0.2) is 4.79 Å². The first-order chi connectivity index (χ1) is 14.6. The Bertz CT molecular complexity index is 1040. The highest BCUT2D eigenvalue weighted by Crippen LogP contribution is 2.47. The summed E-state index contributed by atoms with van der Waals surface area (Å²) in [7, 11) is 0. The molecule has 6 nitrogen and oxygen atoms in total. The van der Waals surface area contributed by atoms with E-state index >= 15 is 0 Å². The molecule has 1 fully saturated rings. The molecule has 0 bridgehead atoms. The SMILES string of the molecule is O=C(COC(=O)c1cnn(Cc2ccccc2Cl)c1)NCC1(c2ccccc2)CC1. The Morgan fingerprint density at radius 1 is 1.10 bits per heavy atom. The number of carbonyl (C=O) groups excluding carboxylic acids is 2. The number of nitrogens with one attached hydrogen (secondary N) is 1. The van der Waals surface area contributed by atoms with Gasteiger partial charge in [0.2, 0.25) is 0 Å². The van der Waals surface area contributed by atoms with E-state index in [9.17, 15) is 9.59 Å². The number of rotatable bonds is 8. The molecule has 1 aliphatic carbocycles. The molecule has 7 heteroatoms. The van der Waals surface area contributed by atoms with Gasteiger partial charge in [-0.15, -0.1) is 0 Å². The summed E-state index contributed by atoms with van der Waals surface area (Å²) >= 11 is 6.16. The lowest BCUT2D eigenvalue weighted by atomic mass is 9.96. The molecule has 1 aromatic heterocycles. The van der Waals surface area contributed by atoms with Crippen LogP contribution in [0.5, 0.6) is 0 Å². The number of hydrogen-bond donors (Lipinski definition) is 1. The molecular weight excluding hydrogens is 402 g/mol. The first-order valence-electron chi connectivity index (χ1n) is 9.81. The van der Waals surface area contributed by atoms with E-state index in [1.54, 1.807) is 16.9 Å². The van der Waals surface area contributed by atoms with Crippen molar-refractivity contribution in [1.29, 1.82) is 0 Å². The second-order valence-corrected chi connectivity index (χ2v) is 7.92. The minimum Gasteiger partial charge on any atom is -0.452 e. The van der Waals surface area contributed by atoms with E-state index in [1.807, 2.05) is 36.4 Å². The number of nitrogens with zero attached hydrogens (tertiary/aromatic N) is 2. The molecule has 0 atom stereocenters. The second kappa shape index (κ2) is 8.71. The van der Waals surface area contributed by atoms with Crippen molar-refractivity contribution >= 4 is 23.5 Å². The molecule has 30 heavy (non-hydrogen) atoms. The number of carbonyl (C=O) groups is 2. The van der Waals surface area contributed by atoms with E-state index in [0.717, 1.165) is 18.4 Å². The molecule has 1 N–H and O–H groups in total. The third-order valence-corrected chi connectivity index (χ3v) is 5.73. The molecule has 154 valence electrons. The van der Waals surface area contributed by atoms with Crippen LogP contribution in [-0.4, -0.2) is 34.8 Å². The lowest BCUT2D eigenvalue weighted by Crippen LogP contribution is -2.35. The van der Waals surface area contributed by atoms with Gasteiger partial charge in [-0.05, 0) is 30.0 Å². The summed E-state index contributed by atoms with van der Waals surface area (Å²) in [6.45, 7) is 0.664. The topological polar surface area (TPSA) is 73.2 Å². The van der Waals surface area contributed by atoms with Gasteiger partial charge in [0, 0.05) is 23.2 Å². The minimum atomic E-state index is -0.584. The summed E-state index contributed by atoms with van der Waals surface area (Å²) < 4.78 is 6.74. The summed E-state index contributed by atoms with van der Waals surface area (Å²) in [5.74, 6) is -0.895. The molecule has 0 spiro atoms. The largest absolute Gasteiger partial charge is 0.452 e. The lowest BCUT2D eigenvalue weighted by Gasteiger charge is -2.16. The average molecular weight is 424 g/mol. The van der Waals surface area contributed by atoms with Crippen LogP contribution in [0.1, 0.15) is 34.3 Å². The Kier molecular flexibility index (Phi) is 5.86. The summed E-state index contributed by atoms with van der Waals surface area (Å²) in [5.41, 5.74) is 2.43. The van der Waals surface area contributed by atoms with Crippen molar-refractivity contribution < 1.29 is 14.3 Å². The van der Waals surface area contributed by atoms with E-state index in [2.05, 4.69) is 22.5 Å². The summed E-state index contributed by atoms with van der Waals surface area (Å²) in [4.78, 5) is 24.4. The van der Waals surface area contributed by atoms with E-state index in [-0.39, 0.29) is 23.5 Å². The smallest absolute Gasteiger partial charge is 0.341 e. The van der Waals surface area contributed by atoms with Crippen molar-refractivity contribution in [3.05, 3.63) is 88.7 Å². The lowest BCUT2D eigenvalue weighted by molar-refractivity contribution is -0.124. The van der Waals surface area contributed by atoms with Crippen LogP contribution in [0.25, 0.3) is 0 Å². The molecule has 0 aliphatic heterocycles. The van der Waals surface area contributed by atoms with Gasteiger partial charge in [0.05, 0.1) is 18.3 Å². The fourth-order valence-corrected chi connectivity index (χ4v) is 3.60. The highest BCUT2D eigenvalue weighted by molar-refractivity contribution is 6.31. The zero-order valence-corrected chi connectivity index (χ0v) is 17.1. The first kappa shape index (κ1) is 20.2. The third kappa shape index (κ3) is 4.71.